The molecule has 0 saturated heterocycles. The lowest BCUT2D eigenvalue weighted by molar-refractivity contribution is -0.324. The maximum atomic E-state index is 6.69. The van der Waals surface area contributed by atoms with E-state index in [1.807, 2.05) is 6.47 Å². The van der Waals surface area contributed by atoms with E-state index in [1.165, 1.54) is 6.42 Å². The van der Waals surface area contributed by atoms with Crippen LogP contribution in [0.15, 0.2) is 0 Å². The summed E-state index contributed by atoms with van der Waals surface area (Å²) in [4.78, 5) is 0. The first-order chi connectivity index (χ1) is 11.2. The van der Waals surface area contributed by atoms with Gasteiger partial charge in [-0.3, -0.25) is 0 Å². The Morgan fingerprint density at radius 3 is 1.44 bits per heavy atom. The molecule has 0 spiro atoms. The second-order valence-electron chi connectivity index (χ2n) is 10.2. The summed E-state index contributed by atoms with van der Waals surface area (Å²) in [5.74, 6) is 0. The Kier molecular flexibility index (Phi) is 9.17. The molecule has 0 bridgehead atoms. The average Bonchev–Trinajstić information content (AvgIpc) is 2.43. The van der Waals surface area contributed by atoms with Crippen LogP contribution in [0, 0.1) is 0 Å². The lowest BCUT2D eigenvalue weighted by atomic mass is 10.2. The van der Waals surface area contributed by atoms with Gasteiger partial charge in [0.2, 0.25) is 0 Å². The van der Waals surface area contributed by atoms with Gasteiger partial charge in [-0.2, -0.15) is 0 Å². The summed E-state index contributed by atoms with van der Waals surface area (Å²) in [6.07, 6.45) is 1.17. The van der Waals surface area contributed by atoms with Gasteiger partial charge in [-0.1, -0.05) is 96.4 Å². The molecule has 150 valence electrons. The van der Waals surface area contributed by atoms with Crippen molar-refractivity contribution in [3.05, 3.63) is 0 Å². The van der Waals surface area contributed by atoms with Crippen LogP contribution in [0.4, 0.5) is 0 Å². The number of rotatable bonds is 9. The Morgan fingerprint density at radius 1 is 0.800 bits per heavy atom. The maximum Gasteiger partial charge on any atom is 0.428 e. The van der Waals surface area contributed by atoms with E-state index in [0.717, 1.165) is 0 Å². The molecule has 0 aromatic carbocycles. The van der Waals surface area contributed by atoms with Crippen LogP contribution in [0.2, 0.25) is 32.7 Å². The van der Waals surface area contributed by atoms with Gasteiger partial charge in [0.05, 0.1) is 0 Å². The van der Waals surface area contributed by atoms with E-state index in [0.29, 0.717) is 27.7 Å². The molecule has 0 saturated carbocycles. The van der Waals surface area contributed by atoms with Crippen molar-refractivity contribution >= 4 is 23.1 Å². The second-order valence-corrected chi connectivity index (χ2v) is 21.0. The fourth-order valence-corrected chi connectivity index (χ4v) is 16.8. The molecule has 0 aliphatic carbocycles. The van der Waals surface area contributed by atoms with Crippen LogP contribution in [0.1, 0.15) is 96.4 Å². The molecule has 0 fully saturated rings. The fraction of sp³-hybridized carbons (Fsp3) is 0.952. The van der Waals surface area contributed by atoms with Gasteiger partial charge >= 0.3 is 23.1 Å². The van der Waals surface area contributed by atoms with E-state index in [9.17, 15) is 0 Å². The molecule has 0 aromatic rings. The Hall–Kier alpha value is -0.0962. The first kappa shape index (κ1) is 24.9. The monoisotopic (exact) mass is 387 g/mol. The Labute approximate surface area is 161 Å². The van der Waals surface area contributed by atoms with E-state index in [-0.39, 0.29) is 5.04 Å². The predicted molar refractivity (Wildman–Crippen MR) is 118 cm³/mol. The largest absolute Gasteiger partial charge is 0.428 e. The van der Waals surface area contributed by atoms with Crippen molar-refractivity contribution < 1.29 is 8.54 Å². The van der Waals surface area contributed by atoms with E-state index >= 15 is 0 Å². The predicted octanol–water partition coefficient (Wildman–Crippen LogP) is 7.83. The standard InChI is InChI=1S/C21H47O2Si2/c1-14-20(10)24(16(2)3,17(4)5)22-15-23-25(18(6)7,19(8)9)21(11,12)13/h15-20H,14H2,1-13H3/q+1. The summed E-state index contributed by atoms with van der Waals surface area (Å²) in [5.41, 5.74) is 2.86. The zero-order chi connectivity index (χ0) is 20.2. The SMILES string of the molecule is CCC(C)[Si](OC=[O+][Si](C(C)C)(C(C)C)C(C)(C)C)(C(C)C)C(C)C. The van der Waals surface area contributed by atoms with E-state index < -0.39 is 16.6 Å². The van der Waals surface area contributed by atoms with Crippen LogP contribution < -0.4 is 0 Å². The van der Waals surface area contributed by atoms with Gasteiger partial charge in [-0.25, -0.2) is 0 Å². The van der Waals surface area contributed by atoms with Crippen molar-refractivity contribution in [3.8, 4) is 0 Å². The molecule has 0 amide bonds. The van der Waals surface area contributed by atoms with Crippen molar-refractivity contribution in [2.24, 2.45) is 0 Å². The van der Waals surface area contributed by atoms with E-state index in [1.54, 1.807) is 0 Å². The quantitative estimate of drug-likeness (QED) is 0.224. The lowest BCUT2D eigenvalue weighted by Gasteiger charge is -2.39. The molecule has 1 unspecified atom stereocenters. The molecular weight excluding hydrogens is 340 g/mol. The zero-order valence-corrected chi connectivity index (χ0v) is 21.5. The van der Waals surface area contributed by atoms with Gasteiger partial charge in [0.1, 0.15) is 0 Å². The van der Waals surface area contributed by atoms with Gasteiger partial charge in [0.15, 0.2) is 0 Å². The van der Waals surface area contributed by atoms with Gasteiger partial charge < -0.3 is 8.54 Å². The molecule has 0 aliphatic rings. The summed E-state index contributed by atoms with van der Waals surface area (Å²) in [6.45, 7) is 32.2. The van der Waals surface area contributed by atoms with E-state index in [2.05, 4.69) is 90.0 Å². The molecule has 4 heteroatoms. The average molecular weight is 388 g/mol. The number of carbonyl (C=O) groups excluding carboxylic acids is 1. The maximum absolute atomic E-state index is 6.69. The van der Waals surface area contributed by atoms with Crippen molar-refractivity contribution in [2.45, 2.75) is 129 Å². The molecule has 0 aromatic heterocycles. The molecule has 0 heterocycles. The molecule has 0 N–H and O–H groups in total. The van der Waals surface area contributed by atoms with Crippen LogP contribution in [0.5, 0.6) is 0 Å². The number of hydrogen-bond donors (Lipinski definition) is 0. The first-order valence-electron chi connectivity index (χ1n) is 10.4. The summed E-state index contributed by atoms with van der Waals surface area (Å²) in [7, 11) is -3.96. The third-order valence-electron chi connectivity index (χ3n) is 6.57. The Balaban J connectivity index is 5.99. The van der Waals surface area contributed by atoms with Crippen LogP contribution >= 0.6 is 0 Å². The summed E-state index contributed by atoms with van der Waals surface area (Å²) in [6, 6.07) is 0. The van der Waals surface area contributed by atoms with Crippen LogP contribution in [-0.2, 0) is 8.54 Å². The summed E-state index contributed by atoms with van der Waals surface area (Å²) in [5, 5.41) is 0.172. The Morgan fingerprint density at radius 2 is 1.20 bits per heavy atom. The van der Waals surface area contributed by atoms with Gasteiger partial charge in [0, 0.05) is 32.7 Å². The van der Waals surface area contributed by atoms with Crippen molar-refractivity contribution in [1.82, 2.24) is 0 Å². The van der Waals surface area contributed by atoms with Crippen LogP contribution in [0.3, 0.4) is 0 Å². The minimum absolute atomic E-state index is 0.172. The summed E-state index contributed by atoms with van der Waals surface area (Å²) < 4.78 is 13.4. The number of hydrogen-bond acceptors (Lipinski definition) is 1. The van der Waals surface area contributed by atoms with Gasteiger partial charge in [0.25, 0.3) is 0 Å². The smallest absolute Gasteiger partial charge is 0.413 e. The highest BCUT2D eigenvalue weighted by atomic mass is 28.4. The molecule has 0 rings (SSSR count). The highest BCUT2D eigenvalue weighted by Crippen LogP contribution is 2.49. The topological polar surface area (TPSA) is 20.5 Å². The van der Waals surface area contributed by atoms with Gasteiger partial charge in [-0.05, 0) is 0 Å². The fourth-order valence-electron chi connectivity index (χ4n) is 5.55. The van der Waals surface area contributed by atoms with Crippen LogP contribution in [0.25, 0.3) is 0 Å². The molecule has 0 aliphatic heterocycles. The third-order valence-corrected chi connectivity index (χ3v) is 18.9. The van der Waals surface area contributed by atoms with Crippen molar-refractivity contribution in [1.29, 1.82) is 0 Å². The van der Waals surface area contributed by atoms with E-state index in [4.69, 9.17) is 8.54 Å². The molecule has 2 nitrogen and oxygen atoms in total. The summed E-state index contributed by atoms with van der Waals surface area (Å²) >= 11 is 0. The molecule has 25 heavy (non-hydrogen) atoms. The minimum atomic E-state index is -2.02. The minimum Gasteiger partial charge on any atom is -0.413 e. The molecule has 1 atom stereocenters. The first-order valence-corrected chi connectivity index (χ1v) is 14.6. The second kappa shape index (κ2) is 9.21. The molecular formula is C21H47O2Si2+. The molecule has 0 radical (unpaired) electrons. The highest BCUT2D eigenvalue weighted by Gasteiger charge is 2.60. The normalized spacial score (nSPS) is 15.9. The van der Waals surface area contributed by atoms with Crippen molar-refractivity contribution in [2.75, 3.05) is 0 Å². The van der Waals surface area contributed by atoms with Crippen molar-refractivity contribution in [3.63, 3.8) is 0 Å². The Bertz CT molecular complexity index is 404. The lowest BCUT2D eigenvalue weighted by Crippen LogP contribution is -2.52. The third kappa shape index (κ3) is 4.80. The van der Waals surface area contributed by atoms with Crippen LogP contribution in [-0.4, -0.2) is 23.1 Å². The van der Waals surface area contributed by atoms with Gasteiger partial charge in [-0.15, -0.1) is 0 Å². The zero-order valence-electron chi connectivity index (χ0n) is 19.5. The highest BCUT2D eigenvalue weighted by molar-refractivity contribution is 6.79.